The average Bonchev–Trinajstić information content (AvgIpc) is 3.30. The fourth-order valence-electron chi connectivity index (χ4n) is 3.47. The molecule has 1 aromatic carbocycles. The minimum absolute atomic E-state index is 0.0739. The summed E-state index contributed by atoms with van der Waals surface area (Å²) in [7, 11) is 1.61. The van der Waals surface area contributed by atoms with Gasteiger partial charge in [-0.15, -0.1) is 0 Å². The van der Waals surface area contributed by atoms with Crippen molar-refractivity contribution in [2.24, 2.45) is 17.8 Å². The number of ether oxygens (including phenoxy) is 2. The Hall–Kier alpha value is -2.24. The van der Waals surface area contributed by atoms with Crippen LogP contribution in [0.25, 0.3) is 0 Å². The van der Waals surface area contributed by atoms with Crippen molar-refractivity contribution in [1.29, 1.82) is 0 Å². The number of amides is 1. The second kappa shape index (κ2) is 6.71. The number of carbonyl (C=O) groups is 2. The van der Waals surface area contributed by atoms with Crippen molar-refractivity contribution in [2.45, 2.75) is 19.8 Å². The quantitative estimate of drug-likeness (QED) is 0.861. The van der Waals surface area contributed by atoms with E-state index in [0.717, 1.165) is 24.2 Å². The number of aryl methyl sites for hydroxylation is 1. The second-order valence-electron chi connectivity index (χ2n) is 6.66. The molecule has 0 radical (unpaired) electrons. The van der Waals surface area contributed by atoms with E-state index in [2.05, 4.69) is 0 Å². The van der Waals surface area contributed by atoms with Crippen LogP contribution in [0.2, 0.25) is 0 Å². The molecule has 2 atom stereocenters. The topological polar surface area (TPSA) is 76.1 Å². The van der Waals surface area contributed by atoms with Crippen LogP contribution in [0.3, 0.4) is 0 Å². The number of nitrogens with zero attached hydrogens (tertiary/aromatic N) is 1. The highest BCUT2D eigenvalue weighted by Crippen LogP contribution is 2.44. The van der Waals surface area contributed by atoms with Gasteiger partial charge in [-0.3, -0.25) is 9.59 Å². The van der Waals surface area contributed by atoms with E-state index in [4.69, 9.17) is 9.47 Å². The van der Waals surface area contributed by atoms with Gasteiger partial charge < -0.3 is 19.5 Å². The van der Waals surface area contributed by atoms with E-state index in [1.54, 1.807) is 24.1 Å². The van der Waals surface area contributed by atoms with E-state index in [1.807, 2.05) is 13.0 Å². The van der Waals surface area contributed by atoms with Crippen LogP contribution >= 0.6 is 0 Å². The van der Waals surface area contributed by atoms with E-state index < -0.39 is 11.9 Å². The first-order valence-corrected chi connectivity index (χ1v) is 8.27. The number of carbonyl (C=O) groups excluding carboxylic acids is 1. The van der Waals surface area contributed by atoms with Gasteiger partial charge in [-0.1, -0.05) is 0 Å². The van der Waals surface area contributed by atoms with Crippen LogP contribution in [0, 0.1) is 24.7 Å². The Bertz CT molecular complexity index is 640. The predicted molar refractivity (Wildman–Crippen MR) is 87.1 cm³/mol. The molecule has 130 valence electrons. The first-order valence-electron chi connectivity index (χ1n) is 8.27. The minimum atomic E-state index is -0.797. The largest absolute Gasteiger partial charge is 0.496 e. The van der Waals surface area contributed by atoms with Crippen molar-refractivity contribution in [2.75, 3.05) is 26.8 Å². The summed E-state index contributed by atoms with van der Waals surface area (Å²) in [5, 5.41) is 9.37. The van der Waals surface area contributed by atoms with Crippen LogP contribution in [-0.4, -0.2) is 48.7 Å². The number of hydrogen-bond donors (Lipinski definition) is 1. The lowest BCUT2D eigenvalue weighted by molar-refractivity contribution is -0.142. The first kappa shape index (κ1) is 16.6. The molecule has 0 spiro atoms. The summed E-state index contributed by atoms with van der Waals surface area (Å²) in [6, 6.07) is 5.38. The Morgan fingerprint density at radius 3 is 2.62 bits per heavy atom. The lowest BCUT2D eigenvalue weighted by Gasteiger charge is -2.17. The summed E-state index contributed by atoms with van der Waals surface area (Å²) >= 11 is 0. The number of methoxy groups -OCH3 is 1. The maximum atomic E-state index is 12.4. The number of benzene rings is 1. The molecule has 3 rings (SSSR count). The van der Waals surface area contributed by atoms with Gasteiger partial charge in [-0.25, -0.2) is 0 Å². The number of aliphatic carboxylic acids is 1. The predicted octanol–water partition coefficient (Wildman–Crippen LogP) is 1.95. The van der Waals surface area contributed by atoms with Crippen molar-refractivity contribution in [3.8, 4) is 11.5 Å². The fraction of sp³-hybridized carbons (Fsp3) is 0.556. The minimum Gasteiger partial charge on any atom is -0.496 e. The summed E-state index contributed by atoms with van der Waals surface area (Å²) in [4.78, 5) is 25.4. The summed E-state index contributed by atoms with van der Waals surface area (Å²) < 4.78 is 10.8. The maximum absolute atomic E-state index is 12.4. The Balaban J connectivity index is 1.57. The summed E-state index contributed by atoms with van der Waals surface area (Å²) in [6.45, 7) is 2.66. The van der Waals surface area contributed by atoms with Crippen LogP contribution in [-0.2, 0) is 9.59 Å². The SMILES string of the molecule is COc1ccc(OCC(=O)N2C[C@H](C(=O)O)[C@@H](C3CC3)C2)cc1C. The van der Waals surface area contributed by atoms with E-state index >= 15 is 0 Å². The van der Waals surface area contributed by atoms with Gasteiger partial charge in [0, 0.05) is 13.1 Å². The molecule has 1 saturated carbocycles. The molecule has 1 aliphatic carbocycles. The highest BCUT2D eigenvalue weighted by molar-refractivity contribution is 5.80. The van der Waals surface area contributed by atoms with Gasteiger partial charge in [0.15, 0.2) is 6.61 Å². The lowest BCUT2D eigenvalue weighted by atomic mass is 9.92. The third-order valence-corrected chi connectivity index (χ3v) is 4.99. The molecule has 1 aromatic rings. The smallest absolute Gasteiger partial charge is 0.308 e. The average molecular weight is 333 g/mol. The van der Waals surface area contributed by atoms with E-state index in [1.165, 1.54) is 0 Å². The highest BCUT2D eigenvalue weighted by Gasteiger charge is 2.46. The number of rotatable bonds is 6. The van der Waals surface area contributed by atoms with Gasteiger partial charge in [0.2, 0.25) is 0 Å². The Kier molecular flexibility index (Phi) is 4.64. The molecular formula is C18H23NO5. The third kappa shape index (κ3) is 3.47. The molecule has 1 heterocycles. The van der Waals surface area contributed by atoms with E-state index in [-0.39, 0.29) is 18.4 Å². The molecule has 24 heavy (non-hydrogen) atoms. The van der Waals surface area contributed by atoms with E-state index in [9.17, 15) is 14.7 Å². The Morgan fingerprint density at radius 1 is 1.29 bits per heavy atom. The Morgan fingerprint density at radius 2 is 2.04 bits per heavy atom. The van der Waals surface area contributed by atoms with Gasteiger partial charge in [0.05, 0.1) is 13.0 Å². The molecule has 1 aliphatic heterocycles. The standard InChI is InChI=1S/C18H23NO5/c1-11-7-13(5-6-16(11)23-2)24-10-17(20)19-8-14(12-3-4-12)15(9-19)18(21)22/h5-7,12,14-15H,3-4,8-10H2,1-2H3,(H,21,22)/t14-,15+/m1/s1. The monoisotopic (exact) mass is 333 g/mol. The zero-order chi connectivity index (χ0) is 17.3. The van der Waals surface area contributed by atoms with Crippen molar-refractivity contribution >= 4 is 11.9 Å². The van der Waals surface area contributed by atoms with Crippen LogP contribution < -0.4 is 9.47 Å². The van der Waals surface area contributed by atoms with Crippen LogP contribution in [0.15, 0.2) is 18.2 Å². The summed E-state index contributed by atoms with van der Waals surface area (Å²) in [5.74, 6) is 0.541. The maximum Gasteiger partial charge on any atom is 0.308 e. The number of carboxylic acids is 1. The van der Waals surface area contributed by atoms with Crippen molar-refractivity contribution in [3.05, 3.63) is 23.8 Å². The number of likely N-dealkylation sites (tertiary alicyclic amines) is 1. The first-order chi connectivity index (χ1) is 11.5. The fourth-order valence-corrected chi connectivity index (χ4v) is 3.47. The normalized spacial score (nSPS) is 23.2. The third-order valence-electron chi connectivity index (χ3n) is 4.99. The molecule has 0 aromatic heterocycles. The van der Waals surface area contributed by atoms with Crippen LogP contribution in [0.1, 0.15) is 18.4 Å². The number of hydrogen-bond acceptors (Lipinski definition) is 4. The van der Waals surface area contributed by atoms with Crippen LogP contribution in [0.4, 0.5) is 0 Å². The molecule has 1 amide bonds. The molecule has 6 nitrogen and oxygen atoms in total. The summed E-state index contributed by atoms with van der Waals surface area (Å²) in [6.07, 6.45) is 2.16. The lowest BCUT2D eigenvalue weighted by Crippen LogP contribution is -2.33. The zero-order valence-electron chi connectivity index (χ0n) is 14.0. The van der Waals surface area contributed by atoms with Gasteiger partial charge in [-0.2, -0.15) is 0 Å². The highest BCUT2D eigenvalue weighted by atomic mass is 16.5. The number of carboxylic acid groups (broad SMARTS) is 1. The van der Waals surface area contributed by atoms with Crippen LogP contribution in [0.5, 0.6) is 11.5 Å². The molecule has 2 aliphatic rings. The van der Waals surface area contributed by atoms with Crippen molar-refractivity contribution < 1.29 is 24.2 Å². The Labute approximate surface area is 141 Å². The molecule has 1 N–H and O–H groups in total. The molecule has 0 unspecified atom stereocenters. The second-order valence-corrected chi connectivity index (χ2v) is 6.66. The summed E-state index contributed by atoms with van der Waals surface area (Å²) in [5.41, 5.74) is 0.934. The van der Waals surface area contributed by atoms with Gasteiger partial charge in [-0.05, 0) is 55.4 Å². The van der Waals surface area contributed by atoms with Crippen molar-refractivity contribution in [1.82, 2.24) is 4.90 Å². The molecule has 2 fully saturated rings. The molecule has 1 saturated heterocycles. The molecule has 6 heteroatoms. The van der Waals surface area contributed by atoms with Crippen molar-refractivity contribution in [3.63, 3.8) is 0 Å². The zero-order valence-corrected chi connectivity index (χ0v) is 14.0. The van der Waals surface area contributed by atoms with E-state index in [0.29, 0.717) is 24.8 Å². The van der Waals surface area contributed by atoms with Gasteiger partial charge in [0.1, 0.15) is 11.5 Å². The molecule has 0 bridgehead atoms. The molecular weight excluding hydrogens is 310 g/mol. The van der Waals surface area contributed by atoms with Gasteiger partial charge >= 0.3 is 5.97 Å². The van der Waals surface area contributed by atoms with Gasteiger partial charge in [0.25, 0.3) is 5.91 Å².